The third-order valence-electron chi connectivity index (χ3n) is 9.55. The van der Waals surface area contributed by atoms with Gasteiger partial charge in [0.15, 0.2) is 6.10 Å². The lowest BCUT2D eigenvalue weighted by atomic mass is 10.1. The van der Waals surface area contributed by atoms with Crippen molar-refractivity contribution >= 4 is 25.7 Å². The Morgan fingerprint density at radius 3 is 1.34 bits per heavy atom. The van der Waals surface area contributed by atoms with Crippen LogP contribution in [0.1, 0.15) is 194 Å². The Bertz CT molecular complexity index is 1170. The summed E-state index contributed by atoms with van der Waals surface area (Å²) < 4.78 is 32.7. The van der Waals surface area contributed by atoms with E-state index in [9.17, 15) is 23.8 Å². The van der Waals surface area contributed by atoms with Crippen molar-refractivity contribution in [2.45, 2.75) is 206 Å². The predicted octanol–water partition coefficient (Wildman–Crippen LogP) is 12.2. The summed E-state index contributed by atoms with van der Waals surface area (Å²) in [5, 5.41) is 8.89. The maximum atomic E-state index is 12.6. The molecule has 336 valence electrons. The van der Waals surface area contributed by atoms with Gasteiger partial charge in [0.2, 0.25) is 0 Å². The number of ether oxygens (including phenoxy) is 2. The van der Waals surface area contributed by atoms with Crippen LogP contribution in [0.3, 0.4) is 0 Å². The lowest BCUT2D eigenvalue weighted by Crippen LogP contribution is -2.34. The van der Waals surface area contributed by atoms with Crippen molar-refractivity contribution in [1.82, 2.24) is 0 Å². The van der Waals surface area contributed by atoms with Crippen LogP contribution in [0.4, 0.5) is 0 Å². The molecule has 11 nitrogen and oxygen atoms in total. The van der Waals surface area contributed by atoms with Gasteiger partial charge in [0.1, 0.15) is 12.6 Å². The second kappa shape index (κ2) is 41.2. The Kier molecular flexibility index (Phi) is 39.4. The molecule has 3 atom stereocenters. The summed E-state index contributed by atoms with van der Waals surface area (Å²) in [4.78, 5) is 46.0. The predicted molar refractivity (Wildman–Crippen MR) is 235 cm³/mol. The molecular formula is C46H82NO10P. The maximum Gasteiger partial charge on any atom is 0.472 e. The van der Waals surface area contributed by atoms with Crippen molar-refractivity contribution < 1.29 is 47.5 Å². The number of carboxylic acid groups (broad SMARTS) is 1. The zero-order valence-electron chi connectivity index (χ0n) is 36.4. The number of phosphoric ester groups is 1. The van der Waals surface area contributed by atoms with Crippen LogP contribution in [0.15, 0.2) is 48.6 Å². The summed E-state index contributed by atoms with van der Waals surface area (Å²) in [5.74, 6) is -2.40. The van der Waals surface area contributed by atoms with Crippen molar-refractivity contribution in [2.75, 3.05) is 19.8 Å². The fourth-order valence-corrected chi connectivity index (χ4v) is 6.73. The van der Waals surface area contributed by atoms with Crippen molar-refractivity contribution in [3.63, 3.8) is 0 Å². The zero-order chi connectivity index (χ0) is 42.8. The Labute approximate surface area is 352 Å². The Morgan fingerprint density at radius 1 is 0.534 bits per heavy atom. The van der Waals surface area contributed by atoms with Gasteiger partial charge in [-0.1, -0.05) is 152 Å². The summed E-state index contributed by atoms with van der Waals surface area (Å²) in [6.07, 6.45) is 45.9. The van der Waals surface area contributed by atoms with E-state index in [-0.39, 0.29) is 19.4 Å². The van der Waals surface area contributed by atoms with E-state index in [0.717, 1.165) is 77.0 Å². The maximum absolute atomic E-state index is 12.6. The molecular weight excluding hydrogens is 757 g/mol. The van der Waals surface area contributed by atoms with Gasteiger partial charge in [-0.2, -0.15) is 0 Å². The van der Waals surface area contributed by atoms with E-state index in [4.69, 9.17) is 24.8 Å². The Hall–Kier alpha value is -2.56. The molecule has 0 bridgehead atoms. The number of aliphatic carboxylic acids is 1. The third-order valence-corrected chi connectivity index (χ3v) is 10.5. The van der Waals surface area contributed by atoms with Gasteiger partial charge in [0.25, 0.3) is 0 Å². The number of hydrogen-bond acceptors (Lipinski definition) is 9. The molecule has 0 fully saturated rings. The first kappa shape index (κ1) is 55.4. The molecule has 0 aliphatic rings. The molecule has 0 radical (unpaired) electrons. The van der Waals surface area contributed by atoms with E-state index in [1.54, 1.807) is 0 Å². The first-order chi connectivity index (χ1) is 28.1. The van der Waals surface area contributed by atoms with Crippen molar-refractivity contribution in [2.24, 2.45) is 5.73 Å². The van der Waals surface area contributed by atoms with Gasteiger partial charge in [-0.3, -0.25) is 23.4 Å². The third kappa shape index (κ3) is 40.2. The molecule has 0 heterocycles. The van der Waals surface area contributed by atoms with Crippen molar-refractivity contribution in [3.8, 4) is 0 Å². The van der Waals surface area contributed by atoms with E-state index >= 15 is 0 Å². The van der Waals surface area contributed by atoms with Crippen LogP contribution >= 0.6 is 7.82 Å². The first-order valence-corrected chi connectivity index (χ1v) is 24.2. The number of carbonyl (C=O) groups excluding carboxylic acids is 2. The molecule has 4 N–H and O–H groups in total. The van der Waals surface area contributed by atoms with Crippen LogP contribution in [0, 0.1) is 0 Å². The second-order valence-electron chi connectivity index (χ2n) is 15.2. The second-order valence-corrected chi connectivity index (χ2v) is 16.6. The lowest BCUT2D eigenvalue weighted by molar-refractivity contribution is -0.161. The topological polar surface area (TPSA) is 172 Å². The fraction of sp³-hybridized carbons (Fsp3) is 0.761. The molecule has 0 aromatic rings. The van der Waals surface area contributed by atoms with Crippen LogP contribution in [-0.2, 0) is 37.5 Å². The average molecular weight is 840 g/mol. The van der Waals surface area contributed by atoms with Crippen LogP contribution < -0.4 is 5.73 Å². The molecule has 0 saturated heterocycles. The molecule has 58 heavy (non-hydrogen) atoms. The monoisotopic (exact) mass is 840 g/mol. The van der Waals surface area contributed by atoms with Crippen LogP contribution in [-0.4, -0.2) is 59.9 Å². The normalized spacial score (nSPS) is 14.1. The molecule has 0 amide bonds. The van der Waals surface area contributed by atoms with Crippen LogP contribution in [0.25, 0.3) is 0 Å². The van der Waals surface area contributed by atoms with Gasteiger partial charge in [-0.05, 0) is 77.0 Å². The van der Waals surface area contributed by atoms with Gasteiger partial charge < -0.3 is 25.2 Å². The molecule has 12 heteroatoms. The van der Waals surface area contributed by atoms with E-state index in [2.05, 4.69) is 67.0 Å². The standard InChI is InChI=1S/C46H82NO10P/c1-3-5-7-9-11-13-15-17-19-20-21-22-24-25-27-29-31-33-35-37-44(48)54-39-42(40-55-58(52,53)56-41-43(47)46(50)51)57-45(49)38-36-34-32-30-28-26-23-18-16-14-12-10-8-6-4-2/h11-14,17-19,23,42-43H,3-10,15-16,20-22,24-41,47H2,1-2H3,(H,50,51)(H,52,53)/b13-11-,14-12-,19-17-,23-18-/t42-,43+/m1/s1. The van der Waals surface area contributed by atoms with Gasteiger partial charge in [-0.25, -0.2) is 4.57 Å². The molecule has 1 unspecified atom stereocenters. The Morgan fingerprint density at radius 2 is 0.914 bits per heavy atom. The number of allylic oxidation sites excluding steroid dienone is 8. The van der Waals surface area contributed by atoms with Crippen LogP contribution in [0.2, 0.25) is 0 Å². The lowest BCUT2D eigenvalue weighted by Gasteiger charge is -2.20. The van der Waals surface area contributed by atoms with E-state index in [1.165, 1.54) is 77.0 Å². The van der Waals surface area contributed by atoms with Crippen LogP contribution in [0.5, 0.6) is 0 Å². The highest BCUT2D eigenvalue weighted by Crippen LogP contribution is 2.43. The minimum Gasteiger partial charge on any atom is -0.480 e. The van der Waals surface area contributed by atoms with E-state index in [1.807, 2.05) is 0 Å². The highest BCUT2D eigenvalue weighted by molar-refractivity contribution is 7.47. The number of phosphoric acid groups is 1. The molecule has 0 aliphatic heterocycles. The SMILES string of the molecule is CCCCC/C=C\C/C=C\CCCCCCCCCCCC(=O)OC[C@H](COP(=O)(O)OC[C@H](N)C(=O)O)OC(=O)CCCCCCC/C=C\C/C=C\CCCCC. The molecule has 0 rings (SSSR count). The smallest absolute Gasteiger partial charge is 0.472 e. The van der Waals surface area contributed by atoms with Crippen molar-refractivity contribution in [3.05, 3.63) is 48.6 Å². The first-order valence-electron chi connectivity index (χ1n) is 22.7. The summed E-state index contributed by atoms with van der Waals surface area (Å²) in [6, 6.07) is -1.53. The largest absolute Gasteiger partial charge is 0.480 e. The van der Waals surface area contributed by atoms with Gasteiger partial charge in [0.05, 0.1) is 13.2 Å². The number of nitrogens with two attached hydrogens (primary N) is 1. The minimum atomic E-state index is -4.72. The highest BCUT2D eigenvalue weighted by atomic mass is 31.2. The quantitative estimate of drug-likeness (QED) is 0.0231. The summed E-state index contributed by atoms with van der Waals surface area (Å²) >= 11 is 0. The minimum absolute atomic E-state index is 0.143. The Balaban J connectivity index is 4.35. The number of carboxylic acids is 1. The van der Waals surface area contributed by atoms with Gasteiger partial charge >= 0.3 is 25.7 Å². The van der Waals surface area contributed by atoms with Gasteiger partial charge in [-0.15, -0.1) is 0 Å². The molecule has 0 spiro atoms. The average Bonchev–Trinajstić information content (AvgIpc) is 3.20. The van der Waals surface area contributed by atoms with Crippen molar-refractivity contribution in [1.29, 1.82) is 0 Å². The molecule has 0 aromatic carbocycles. The molecule has 0 aromatic heterocycles. The highest BCUT2D eigenvalue weighted by Gasteiger charge is 2.28. The zero-order valence-corrected chi connectivity index (χ0v) is 37.3. The molecule has 0 aliphatic carbocycles. The van der Waals surface area contributed by atoms with Gasteiger partial charge in [0, 0.05) is 12.8 Å². The summed E-state index contributed by atoms with van der Waals surface area (Å²) in [6.45, 7) is 2.74. The fourth-order valence-electron chi connectivity index (χ4n) is 5.95. The number of carbonyl (C=O) groups is 3. The van der Waals surface area contributed by atoms with E-state index in [0.29, 0.717) is 12.8 Å². The number of esters is 2. The molecule has 0 saturated carbocycles. The van der Waals surface area contributed by atoms with E-state index < -0.39 is 51.1 Å². The summed E-state index contributed by atoms with van der Waals surface area (Å²) in [7, 11) is -4.72. The number of unbranched alkanes of at least 4 members (excludes halogenated alkanes) is 20. The number of rotatable bonds is 42. The number of hydrogen-bond donors (Lipinski definition) is 3. The summed E-state index contributed by atoms with van der Waals surface area (Å²) in [5.41, 5.74) is 5.33.